The van der Waals surface area contributed by atoms with Gasteiger partial charge in [-0.1, -0.05) is 45.7 Å². The largest absolute Gasteiger partial charge is 0.480 e. The van der Waals surface area contributed by atoms with E-state index in [1.165, 1.54) is 0 Å². The first kappa shape index (κ1) is 15.7. The average molecular weight is 371 g/mol. The SMILES string of the molecule is Nc1ccccc1OCC(=O)OCc1ccc(Br)cc1Cl. The molecule has 0 amide bonds. The van der Waals surface area contributed by atoms with E-state index in [2.05, 4.69) is 15.9 Å². The van der Waals surface area contributed by atoms with Gasteiger partial charge >= 0.3 is 5.97 Å². The van der Waals surface area contributed by atoms with E-state index < -0.39 is 5.97 Å². The molecule has 0 aliphatic carbocycles. The molecule has 2 aromatic carbocycles. The van der Waals surface area contributed by atoms with Gasteiger partial charge in [0.05, 0.1) is 5.69 Å². The Balaban J connectivity index is 1.84. The highest BCUT2D eigenvalue weighted by molar-refractivity contribution is 9.10. The molecule has 110 valence electrons. The van der Waals surface area contributed by atoms with Crippen molar-refractivity contribution in [2.24, 2.45) is 0 Å². The lowest BCUT2D eigenvalue weighted by Gasteiger charge is -2.09. The molecule has 0 bridgehead atoms. The average Bonchev–Trinajstić information content (AvgIpc) is 2.45. The second kappa shape index (κ2) is 7.33. The number of para-hydroxylation sites is 2. The summed E-state index contributed by atoms with van der Waals surface area (Å²) in [6.07, 6.45) is 0. The maximum Gasteiger partial charge on any atom is 0.344 e. The number of nitrogens with two attached hydrogens (primary N) is 1. The molecule has 0 saturated heterocycles. The van der Waals surface area contributed by atoms with E-state index in [1.807, 2.05) is 6.07 Å². The predicted molar refractivity (Wildman–Crippen MR) is 85.3 cm³/mol. The summed E-state index contributed by atoms with van der Waals surface area (Å²) in [4.78, 5) is 11.6. The third kappa shape index (κ3) is 4.65. The minimum atomic E-state index is -0.489. The van der Waals surface area contributed by atoms with Crippen molar-refractivity contribution in [1.29, 1.82) is 0 Å². The van der Waals surface area contributed by atoms with Crippen LogP contribution in [-0.2, 0) is 16.1 Å². The molecule has 0 radical (unpaired) electrons. The van der Waals surface area contributed by atoms with Gasteiger partial charge in [0.1, 0.15) is 12.4 Å². The molecule has 21 heavy (non-hydrogen) atoms. The van der Waals surface area contributed by atoms with Crippen LogP contribution in [0.4, 0.5) is 5.69 Å². The van der Waals surface area contributed by atoms with Gasteiger partial charge in [0.2, 0.25) is 0 Å². The first-order valence-corrected chi connectivity index (χ1v) is 7.30. The highest BCUT2D eigenvalue weighted by atomic mass is 79.9. The summed E-state index contributed by atoms with van der Waals surface area (Å²) >= 11 is 9.35. The highest BCUT2D eigenvalue weighted by Gasteiger charge is 2.08. The van der Waals surface area contributed by atoms with Crippen molar-refractivity contribution >= 4 is 39.2 Å². The molecule has 2 rings (SSSR count). The van der Waals surface area contributed by atoms with Crippen molar-refractivity contribution in [1.82, 2.24) is 0 Å². The Labute approximate surface area is 135 Å². The van der Waals surface area contributed by atoms with E-state index >= 15 is 0 Å². The second-order valence-corrected chi connectivity index (χ2v) is 5.55. The fraction of sp³-hybridized carbons (Fsp3) is 0.133. The van der Waals surface area contributed by atoms with Crippen molar-refractivity contribution in [2.75, 3.05) is 12.3 Å². The molecule has 0 saturated carbocycles. The molecule has 0 aromatic heterocycles. The molecule has 0 atom stereocenters. The minimum Gasteiger partial charge on any atom is -0.480 e. The van der Waals surface area contributed by atoms with Crippen LogP contribution in [-0.4, -0.2) is 12.6 Å². The second-order valence-electron chi connectivity index (χ2n) is 4.22. The van der Waals surface area contributed by atoms with Crippen LogP contribution >= 0.6 is 27.5 Å². The van der Waals surface area contributed by atoms with Gasteiger partial charge in [0.15, 0.2) is 6.61 Å². The summed E-state index contributed by atoms with van der Waals surface area (Å²) in [7, 11) is 0. The molecule has 0 aliphatic heterocycles. The van der Waals surface area contributed by atoms with Gasteiger partial charge in [-0.3, -0.25) is 0 Å². The number of halogens is 2. The first-order chi connectivity index (χ1) is 10.1. The maximum atomic E-state index is 11.6. The Morgan fingerprint density at radius 3 is 2.71 bits per heavy atom. The van der Waals surface area contributed by atoms with Gasteiger partial charge in [0.25, 0.3) is 0 Å². The van der Waals surface area contributed by atoms with Crippen molar-refractivity contribution in [2.45, 2.75) is 6.61 Å². The zero-order valence-corrected chi connectivity index (χ0v) is 13.4. The smallest absolute Gasteiger partial charge is 0.344 e. The standard InChI is InChI=1S/C15H13BrClNO3/c16-11-6-5-10(12(17)7-11)8-21-15(19)9-20-14-4-2-1-3-13(14)18/h1-7H,8-9,18H2. The van der Waals surface area contributed by atoms with Crippen LogP contribution in [0.1, 0.15) is 5.56 Å². The number of hydrogen-bond donors (Lipinski definition) is 1. The molecule has 0 unspecified atom stereocenters. The summed E-state index contributed by atoms with van der Waals surface area (Å²) in [5.41, 5.74) is 6.91. The number of carbonyl (C=O) groups excluding carboxylic acids is 1. The highest BCUT2D eigenvalue weighted by Crippen LogP contribution is 2.22. The van der Waals surface area contributed by atoms with E-state index in [-0.39, 0.29) is 13.2 Å². The third-order valence-corrected chi connectivity index (χ3v) is 3.51. The van der Waals surface area contributed by atoms with Crippen molar-refractivity contribution in [3.05, 3.63) is 57.5 Å². The van der Waals surface area contributed by atoms with E-state index in [1.54, 1.807) is 36.4 Å². The Morgan fingerprint density at radius 2 is 2.00 bits per heavy atom. The van der Waals surface area contributed by atoms with Crippen LogP contribution in [0.15, 0.2) is 46.9 Å². The summed E-state index contributed by atoms with van der Waals surface area (Å²) in [5, 5.41) is 0.533. The monoisotopic (exact) mass is 369 g/mol. The predicted octanol–water partition coefficient (Wildman–Crippen LogP) is 3.81. The number of anilines is 1. The Hall–Kier alpha value is -1.72. The Kier molecular flexibility index (Phi) is 5.47. The minimum absolute atomic E-state index is 0.0958. The summed E-state index contributed by atoms with van der Waals surface area (Å²) in [6.45, 7) is -0.110. The van der Waals surface area contributed by atoms with Crippen molar-refractivity contribution in [3.8, 4) is 5.75 Å². The number of carbonyl (C=O) groups is 1. The number of benzene rings is 2. The molecule has 2 aromatic rings. The van der Waals surface area contributed by atoms with Crippen LogP contribution < -0.4 is 10.5 Å². The van der Waals surface area contributed by atoms with E-state index in [4.69, 9.17) is 26.8 Å². The van der Waals surface area contributed by atoms with E-state index in [0.29, 0.717) is 16.5 Å². The quantitative estimate of drug-likeness (QED) is 0.642. The molecule has 4 nitrogen and oxygen atoms in total. The molecule has 0 fully saturated rings. The van der Waals surface area contributed by atoms with Crippen LogP contribution in [0.2, 0.25) is 5.02 Å². The van der Waals surface area contributed by atoms with Gasteiger partial charge in [0, 0.05) is 15.1 Å². The summed E-state index contributed by atoms with van der Waals surface area (Å²) < 4.78 is 11.3. The summed E-state index contributed by atoms with van der Waals surface area (Å²) in [6, 6.07) is 12.3. The molecule has 2 N–H and O–H groups in total. The maximum absolute atomic E-state index is 11.6. The lowest BCUT2D eigenvalue weighted by Crippen LogP contribution is -2.15. The molecule has 0 heterocycles. The zero-order valence-electron chi connectivity index (χ0n) is 11.0. The lowest BCUT2D eigenvalue weighted by molar-refractivity contribution is -0.147. The fourth-order valence-corrected chi connectivity index (χ4v) is 2.32. The van der Waals surface area contributed by atoms with Crippen LogP contribution in [0, 0.1) is 0 Å². The lowest BCUT2D eigenvalue weighted by atomic mass is 10.2. The number of nitrogen functional groups attached to an aromatic ring is 1. The fourth-order valence-electron chi connectivity index (χ4n) is 1.59. The topological polar surface area (TPSA) is 61.5 Å². The molecule has 0 spiro atoms. The molecule has 6 heteroatoms. The first-order valence-electron chi connectivity index (χ1n) is 6.13. The third-order valence-electron chi connectivity index (χ3n) is 2.67. The van der Waals surface area contributed by atoms with E-state index in [9.17, 15) is 4.79 Å². The number of ether oxygens (including phenoxy) is 2. The molecular weight excluding hydrogens is 358 g/mol. The molecular formula is C15H13BrClNO3. The van der Waals surface area contributed by atoms with Crippen molar-refractivity contribution in [3.63, 3.8) is 0 Å². The van der Waals surface area contributed by atoms with E-state index in [0.717, 1.165) is 10.0 Å². The Bertz CT molecular complexity index is 649. The van der Waals surface area contributed by atoms with Crippen LogP contribution in [0.3, 0.4) is 0 Å². The number of esters is 1. The Morgan fingerprint density at radius 1 is 1.24 bits per heavy atom. The van der Waals surface area contributed by atoms with Gasteiger partial charge in [-0.25, -0.2) is 4.79 Å². The number of rotatable bonds is 5. The normalized spacial score (nSPS) is 10.2. The van der Waals surface area contributed by atoms with Crippen LogP contribution in [0.25, 0.3) is 0 Å². The van der Waals surface area contributed by atoms with Crippen LogP contribution in [0.5, 0.6) is 5.75 Å². The van der Waals surface area contributed by atoms with Gasteiger partial charge in [-0.2, -0.15) is 0 Å². The number of hydrogen-bond acceptors (Lipinski definition) is 4. The molecule has 0 aliphatic rings. The zero-order chi connectivity index (χ0) is 15.2. The van der Waals surface area contributed by atoms with Crippen molar-refractivity contribution < 1.29 is 14.3 Å². The van der Waals surface area contributed by atoms with Gasteiger partial charge in [-0.05, 0) is 24.3 Å². The van der Waals surface area contributed by atoms with Gasteiger partial charge in [-0.15, -0.1) is 0 Å². The van der Waals surface area contributed by atoms with Gasteiger partial charge < -0.3 is 15.2 Å². The summed E-state index contributed by atoms with van der Waals surface area (Å²) in [5.74, 6) is -0.0339.